The van der Waals surface area contributed by atoms with Crippen LogP contribution >= 0.6 is 0 Å². The summed E-state index contributed by atoms with van der Waals surface area (Å²) >= 11 is 0. The van der Waals surface area contributed by atoms with Crippen LogP contribution in [0.1, 0.15) is 26.3 Å². The minimum Gasteiger partial charge on any atom is -0.490 e. The molecule has 0 N–H and O–H groups in total. The van der Waals surface area contributed by atoms with Crippen LogP contribution in [-0.4, -0.2) is 37.4 Å². The molecule has 0 saturated carbocycles. The number of halogens is 1. The Labute approximate surface area is 169 Å². The third-order valence-corrected chi connectivity index (χ3v) is 4.01. The molecule has 2 aromatic carbocycles. The zero-order valence-electron chi connectivity index (χ0n) is 16.8. The molecule has 0 aliphatic heterocycles. The lowest BCUT2D eigenvalue weighted by molar-refractivity contribution is -0.179. The van der Waals surface area contributed by atoms with Gasteiger partial charge in [-0.3, -0.25) is 0 Å². The number of carbonyl (C=O) groups excluding carboxylic acids is 2. The number of hydrogen-bond acceptors (Lipinski definition) is 6. The Morgan fingerprint density at radius 3 is 1.90 bits per heavy atom. The SMILES string of the molecule is CCOC(=O)C(Cc1ccc(F)cc1)(Oc1ccccc1OCC)C(=O)OCC. The number of ether oxygens (including phenoxy) is 4. The van der Waals surface area contributed by atoms with Crippen LogP contribution in [0.15, 0.2) is 48.5 Å². The Hall–Kier alpha value is -3.09. The number of rotatable bonds is 10. The van der Waals surface area contributed by atoms with E-state index >= 15 is 0 Å². The largest absolute Gasteiger partial charge is 0.490 e. The lowest BCUT2D eigenvalue weighted by Gasteiger charge is -2.30. The van der Waals surface area contributed by atoms with E-state index in [1.165, 1.54) is 24.3 Å². The smallest absolute Gasteiger partial charge is 0.362 e. The molecule has 7 heteroatoms. The van der Waals surface area contributed by atoms with E-state index in [0.29, 0.717) is 17.9 Å². The Bertz CT molecular complexity index is 800. The topological polar surface area (TPSA) is 71.1 Å². The van der Waals surface area contributed by atoms with Crippen LogP contribution in [0, 0.1) is 5.82 Å². The van der Waals surface area contributed by atoms with Crippen LogP contribution < -0.4 is 9.47 Å². The van der Waals surface area contributed by atoms with E-state index in [2.05, 4.69) is 0 Å². The maximum atomic E-state index is 13.3. The van der Waals surface area contributed by atoms with Gasteiger partial charge in [-0.05, 0) is 50.6 Å². The van der Waals surface area contributed by atoms with Gasteiger partial charge in [0.25, 0.3) is 0 Å². The monoisotopic (exact) mass is 404 g/mol. The fourth-order valence-electron chi connectivity index (χ4n) is 2.73. The van der Waals surface area contributed by atoms with Crippen molar-refractivity contribution in [1.82, 2.24) is 0 Å². The van der Waals surface area contributed by atoms with E-state index in [9.17, 15) is 14.0 Å². The number of hydrogen-bond donors (Lipinski definition) is 0. The van der Waals surface area contributed by atoms with Crippen molar-refractivity contribution in [2.75, 3.05) is 19.8 Å². The predicted octanol–water partition coefficient (Wildman–Crippen LogP) is 3.71. The molecule has 0 bridgehead atoms. The molecule has 0 unspecified atom stereocenters. The highest BCUT2D eigenvalue weighted by molar-refractivity contribution is 6.04. The van der Waals surface area contributed by atoms with Gasteiger partial charge < -0.3 is 18.9 Å². The number of carbonyl (C=O) groups is 2. The molecule has 0 radical (unpaired) electrons. The van der Waals surface area contributed by atoms with Crippen molar-refractivity contribution in [3.63, 3.8) is 0 Å². The summed E-state index contributed by atoms with van der Waals surface area (Å²) in [7, 11) is 0. The minimum atomic E-state index is -2.11. The molecule has 6 nitrogen and oxygen atoms in total. The highest BCUT2D eigenvalue weighted by Gasteiger charge is 2.52. The van der Waals surface area contributed by atoms with Gasteiger partial charge in [-0.15, -0.1) is 0 Å². The average Bonchev–Trinajstić information content (AvgIpc) is 2.71. The second-order valence-electron chi connectivity index (χ2n) is 6.05. The summed E-state index contributed by atoms with van der Waals surface area (Å²) in [6, 6.07) is 12.1. The summed E-state index contributed by atoms with van der Waals surface area (Å²) in [5.41, 5.74) is -1.61. The Morgan fingerprint density at radius 2 is 1.38 bits per heavy atom. The predicted molar refractivity (Wildman–Crippen MR) is 104 cm³/mol. The van der Waals surface area contributed by atoms with E-state index in [4.69, 9.17) is 18.9 Å². The molecule has 156 valence electrons. The van der Waals surface area contributed by atoms with Crippen molar-refractivity contribution >= 4 is 11.9 Å². The number of para-hydroxylation sites is 2. The van der Waals surface area contributed by atoms with Crippen LogP contribution in [0.4, 0.5) is 4.39 Å². The second kappa shape index (κ2) is 10.5. The lowest BCUT2D eigenvalue weighted by atomic mass is 9.93. The first-order chi connectivity index (χ1) is 14.0. The van der Waals surface area contributed by atoms with E-state index in [-0.39, 0.29) is 25.4 Å². The van der Waals surface area contributed by atoms with Gasteiger partial charge >= 0.3 is 17.5 Å². The zero-order chi connectivity index (χ0) is 21.3. The second-order valence-corrected chi connectivity index (χ2v) is 6.05. The number of esters is 2. The van der Waals surface area contributed by atoms with Crippen molar-refractivity contribution in [2.45, 2.75) is 32.8 Å². The quantitative estimate of drug-likeness (QED) is 0.444. The van der Waals surface area contributed by atoms with Gasteiger partial charge in [0.15, 0.2) is 11.5 Å². The summed E-state index contributed by atoms with van der Waals surface area (Å²) < 4.78 is 35.2. The van der Waals surface area contributed by atoms with Gasteiger partial charge in [0.1, 0.15) is 5.82 Å². The maximum absolute atomic E-state index is 13.3. The molecular weight excluding hydrogens is 379 g/mol. The summed E-state index contributed by atoms with van der Waals surface area (Å²) in [5.74, 6) is -1.66. The normalized spacial score (nSPS) is 10.9. The molecule has 2 rings (SSSR count). The molecule has 2 aromatic rings. The molecule has 0 aromatic heterocycles. The van der Waals surface area contributed by atoms with E-state index < -0.39 is 23.4 Å². The van der Waals surface area contributed by atoms with Gasteiger partial charge in [0, 0.05) is 6.42 Å². The van der Waals surface area contributed by atoms with Gasteiger partial charge in [-0.1, -0.05) is 24.3 Å². The van der Waals surface area contributed by atoms with Gasteiger partial charge in [0.05, 0.1) is 19.8 Å². The summed E-state index contributed by atoms with van der Waals surface area (Å²) in [4.78, 5) is 25.9. The maximum Gasteiger partial charge on any atom is 0.362 e. The third kappa shape index (κ3) is 5.47. The molecule has 0 heterocycles. The molecule has 0 amide bonds. The first-order valence-electron chi connectivity index (χ1n) is 9.46. The third-order valence-electron chi connectivity index (χ3n) is 4.01. The molecule has 0 fully saturated rings. The van der Waals surface area contributed by atoms with Gasteiger partial charge in [-0.2, -0.15) is 0 Å². The fourth-order valence-corrected chi connectivity index (χ4v) is 2.73. The van der Waals surface area contributed by atoms with Crippen LogP contribution in [0.25, 0.3) is 0 Å². The molecule has 0 saturated heterocycles. The first kappa shape index (κ1) is 22.2. The van der Waals surface area contributed by atoms with E-state index in [1.807, 2.05) is 0 Å². The fraction of sp³-hybridized carbons (Fsp3) is 0.364. The Kier molecular flexibility index (Phi) is 8.00. The minimum absolute atomic E-state index is 0.0415. The van der Waals surface area contributed by atoms with Crippen LogP contribution in [-0.2, 0) is 25.5 Å². The van der Waals surface area contributed by atoms with Crippen molar-refractivity contribution in [2.24, 2.45) is 0 Å². The van der Waals surface area contributed by atoms with Crippen molar-refractivity contribution in [1.29, 1.82) is 0 Å². The molecule has 0 spiro atoms. The summed E-state index contributed by atoms with van der Waals surface area (Å²) in [6.45, 7) is 5.50. The average molecular weight is 404 g/mol. The summed E-state index contributed by atoms with van der Waals surface area (Å²) in [6.07, 6.45) is -0.203. The van der Waals surface area contributed by atoms with E-state index in [0.717, 1.165) is 0 Å². The Balaban J connectivity index is 2.55. The van der Waals surface area contributed by atoms with Crippen LogP contribution in [0.3, 0.4) is 0 Å². The first-order valence-corrected chi connectivity index (χ1v) is 9.46. The van der Waals surface area contributed by atoms with Crippen LogP contribution in [0.5, 0.6) is 11.5 Å². The molecule has 29 heavy (non-hydrogen) atoms. The van der Waals surface area contributed by atoms with Crippen molar-refractivity contribution in [3.8, 4) is 11.5 Å². The highest BCUT2D eigenvalue weighted by atomic mass is 19.1. The number of benzene rings is 2. The standard InChI is InChI=1S/C22H25FO6/c1-4-26-18-9-7-8-10-19(18)29-22(20(24)27-5-2,21(25)28-6-3)15-16-11-13-17(23)14-12-16/h7-14H,4-6,15H2,1-3H3. The molecule has 0 aliphatic rings. The van der Waals surface area contributed by atoms with Crippen molar-refractivity contribution < 1.29 is 32.9 Å². The van der Waals surface area contributed by atoms with Gasteiger partial charge in [0.2, 0.25) is 0 Å². The molecule has 0 aliphatic carbocycles. The van der Waals surface area contributed by atoms with Crippen molar-refractivity contribution in [3.05, 3.63) is 59.9 Å². The van der Waals surface area contributed by atoms with E-state index in [1.54, 1.807) is 45.0 Å². The lowest BCUT2D eigenvalue weighted by Crippen LogP contribution is -2.55. The summed E-state index contributed by atoms with van der Waals surface area (Å²) in [5, 5.41) is 0. The zero-order valence-corrected chi connectivity index (χ0v) is 16.8. The highest BCUT2D eigenvalue weighted by Crippen LogP contribution is 2.33. The molecular formula is C22H25FO6. The Morgan fingerprint density at radius 1 is 0.828 bits per heavy atom. The molecule has 0 atom stereocenters. The van der Waals surface area contributed by atoms with Gasteiger partial charge in [-0.25, -0.2) is 14.0 Å². The van der Waals surface area contributed by atoms with Crippen LogP contribution in [0.2, 0.25) is 0 Å².